The fourth-order valence-corrected chi connectivity index (χ4v) is 3.60. The number of nitrogens with zero attached hydrogens (tertiary/aromatic N) is 4. The van der Waals surface area contributed by atoms with Crippen molar-refractivity contribution in [3.8, 4) is 5.95 Å². The standard InChI is InChI=1S/C19H22N6O4S/c1-5-14-11-17(26)22-19(20-14)25-16(10-12(2)23-25)21-18(27)13-6-8-15(9-7-13)30(28,29)24(3)4/h6-11H,5H2,1-4H3,(H,21,27)(H,20,22,26). The molecule has 0 aliphatic heterocycles. The fraction of sp³-hybridized carbons (Fsp3) is 0.263. The molecule has 3 rings (SSSR count). The molecule has 2 N–H and O–H groups in total. The zero-order chi connectivity index (χ0) is 22.1. The lowest BCUT2D eigenvalue weighted by molar-refractivity contribution is 0.102. The number of carbonyl (C=O) groups excluding carboxylic acids is 1. The SMILES string of the molecule is CCc1cc(=O)[nH]c(-n2nc(C)cc2NC(=O)c2ccc(S(=O)(=O)N(C)C)cc2)n1. The Morgan fingerprint density at radius 2 is 1.87 bits per heavy atom. The second-order valence-electron chi connectivity index (χ2n) is 6.76. The molecule has 158 valence electrons. The molecule has 0 radical (unpaired) electrons. The third-order valence-electron chi connectivity index (χ3n) is 4.31. The van der Waals surface area contributed by atoms with Gasteiger partial charge in [0.25, 0.3) is 11.5 Å². The molecule has 0 bridgehead atoms. The van der Waals surface area contributed by atoms with Gasteiger partial charge in [-0.15, -0.1) is 0 Å². The van der Waals surface area contributed by atoms with Crippen molar-refractivity contribution in [3.63, 3.8) is 0 Å². The van der Waals surface area contributed by atoms with Crippen molar-refractivity contribution < 1.29 is 13.2 Å². The summed E-state index contributed by atoms with van der Waals surface area (Å²) in [7, 11) is -0.711. The van der Waals surface area contributed by atoms with Crippen LogP contribution in [0.5, 0.6) is 0 Å². The molecule has 2 heterocycles. The van der Waals surface area contributed by atoms with Gasteiger partial charge < -0.3 is 5.32 Å². The Kier molecular flexibility index (Phi) is 5.85. The molecule has 3 aromatic rings. The summed E-state index contributed by atoms with van der Waals surface area (Å²) in [4.78, 5) is 31.6. The van der Waals surface area contributed by atoms with Crippen molar-refractivity contribution in [2.75, 3.05) is 19.4 Å². The molecular formula is C19H22N6O4S. The van der Waals surface area contributed by atoms with Crippen LogP contribution in [-0.4, -0.2) is 52.5 Å². The minimum absolute atomic E-state index is 0.0862. The summed E-state index contributed by atoms with van der Waals surface area (Å²) in [5.74, 6) is 0.0491. The van der Waals surface area contributed by atoms with Crippen molar-refractivity contribution in [1.29, 1.82) is 0 Å². The number of amides is 1. The van der Waals surface area contributed by atoms with Gasteiger partial charge in [0, 0.05) is 37.5 Å². The maximum atomic E-state index is 12.7. The second kappa shape index (κ2) is 8.20. The van der Waals surface area contributed by atoms with E-state index in [1.54, 1.807) is 13.0 Å². The van der Waals surface area contributed by atoms with Crippen LogP contribution >= 0.6 is 0 Å². The van der Waals surface area contributed by atoms with Crippen molar-refractivity contribution in [3.05, 3.63) is 63.7 Å². The maximum Gasteiger partial charge on any atom is 0.256 e. The Hall–Kier alpha value is -3.31. The molecule has 0 atom stereocenters. The van der Waals surface area contributed by atoms with E-state index in [-0.39, 0.29) is 22.0 Å². The monoisotopic (exact) mass is 430 g/mol. The minimum Gasteiger partial charge on any atom is -0.306 e. The first-order valence-electron chi connectivity index (χ1n) is 9.13. The summed E-state index contributed by atoms with van der Waals surface area (Å²) in [5, 5.41) is 7.02. The summed E-state index contributed by atoms with van der Waals surface area (Å²) in [6.45, 7) is 3.62. The number of carbonyl (C=O) groups is 1. The summed E-state index contributed by atoms with van der Waals surface area (Å²) >= 11 is 0. The maximum absolute atomic E-state index is 12.7. The zero-order valence-electron chi connectivity index (χ0n) is 17.0. The first-order chi connectivity index (χ1) is 14.1. The van der Waals surface area contributed by atoms with Gasteiger partial charge in [0.2, 0.25) is 16.0 Å². The van der Waals surface area contributed by atoms with Gasteiger partial charge in [-0.05, 0) is 37.6 Å². The number of aromatic amines is 1. The lowest BCUT2D eigenvalue weighted by Crippen LogP contribution is -2.22. The van der Waals surface area contributed by atoms with E-state index in [1.807, 2.05) is 6.92 Å². The summed E-state index contributed by atoms with van der Waals surface area (Å²) < 4.78 is 26.8. The second-order valence-corrected chi connectivity index (χ2v) is 8.91. The van der Waals surface area contributed by atoms with E-state index < -0.39 is 15.9 Å². The van der Waals surface area contributed by atoms with E-state index in [0.717, 1.165) is 4.31 Å². The summed E-state index contributed by atoms with van der Waals surface area (Å²) in [5.41, 5.74) is 1.15. The Balaban J connectivity index is 1.90. The van der Waals surface area contributed by atoms with Crippen LogP contribution in [0.3, 0.4) is 0 Å². The molecule has 0 aliphatic carbocycles. The number of rotatable bonds is 6. The molecule has 0 saturated heterocycles. The Morgan fingerprint density at radius 3 is 2.47 bits per heavy atom. The van der Waals surface area contributed by atoms with Crippen LogP contribution in [0.1, 0.15) is 28.7 Å². The molecule has 10 nitrogen and oxygen atoms in total. The van der Waals surface area contributed by atoms with Crippen LogP contribution < -0.4 is 10.9 Å². The number of benzene rings is 1. The molecule has 0 spiro atoms. The molecule has 1 amide bonds. The van der Waals surface area contributed by atoms with Crippen LogP contribution in [0.2, 0.25) is 0 Å². The Morgan fingerprint density at radius 1 is 1.20 bits per heavy atom. The summed E-state index contributed by atoms with van der Waals surface area (Å²) in [6.07, 6.45) is 0.571. The molecule has 2 aromatic heterocycles. The largest absolute Gasteiger partial charge is 0.306 e. The van der Waals surface area contributed by atoms with Crippen LogP contribution in [0.15, 0.2) is 46.1 Å². The number of anilines is 1. The van der Waals surface area contributed by atoms with E-state index >= 15 is 0 Å². The van der Waals surface area contributed by atoms with Gasteiger partial charge in [-0.3, -0.25) is 14.6 Å². The van der Waals surface area contributed by atoms with Gasteiger partial charge in [-0.2, -0.15) is 9.78 Å². The van der Waals surface area contributed by atoms with Crippen LogP contribution in [0.4, 0.5) is 5.82 Å². The van der Waals surface area contributed by atoms with Gasteiger partial charge in [0.05, 0.1) is 10.6 Å². The van der Waals surface area contributed by atoms with Crippen molar-refractivity contribution >= 4 is 21.7 Å². The molecule has 0 saturated carbocycles. The Labute approximate surface area is 173 Å². The van der Waals surface area contributed by atoms with Gasteiger partial charge in [0.15, 0.2) is 0 Å². The predicted octanol–water partition coefficient (Wildman–Crippen LogP) is 1.33. The number of nitrogens with one attached hydrogen (secondary N) is 2. The third-order valence-corrected chi connectivity index (χ3v) is 6.14. The normalized spacial score (nSPS) is 11.6. The number of hydrogen-bond acceptors (Lipinski definition) is 6. The molecule has 0 unspecified atom stereocenters. The summed E-state index contributed by atoms with van der Waals surface area (Å²) in [6, 6.07) is 8.64. The quantitative estimate of drug-likeness (QED) is 0.607. The molecule has 0 aliphatic rings. The topological polar surface area (TPSA) is 130 Å². The highest BCUT2D eigenvalue weighted by Gasteiger charge is 2.19. The van der Waals surface area contributed by atoms with E-state index in [1.165, 1.54) is 49.1 Å². The highest BCUT2D eigenvalue weighted by molar-refractivity contribution is 7.89. The first kappa shape index (κ1) is 21.4. The van der Waals surface area contributed by atoms with Gasteiger partial charge in [-0.1, -0.05) is 6.92 Å². The van der Waals surface area contributed by atoms with E-state index in [4.69, 9.17) is 0 Å². The molecule has 30 heavy (non-hydrogen) atoms. The fourth-order valence-electron chi connectivity index (χ4n) is 2.70. The number of H-pyrrole nitrogens is 1. The molecule has 1 aromatic carbocycles. The highest BCUT2D eigenvalue weighted by atomic mass is 32.2. The van der Waals surface area contributed by atoms with Crippen molar-refractivity contribution in [2.45, 2.75) is 25.2 Å². The predicted molar refractivity (Wildman–Crippen MR) is 111 cm³/mol. The molecule has 11 heteroatoms. The smallest absolute Gasteiger partial charge is 0.256 e. The van der Waals surface area contributed by atoms with Crippen molar-refractivity contribution in [2.24, 2.45) is 0 Å². The first-order valence-corrected chi connectivity index (χ1v) is 10.6. The van der Waals surface area contributed by atoms with Crippen LogP contribution in [0.25, 0.3) is 5.95 Å². The molecule has 0 fully saturated rings. The van der Waals surface area contributed by atoms with Crippen molar-refractivity contribution in [1.82, 2.24) is 24.1 Å². The lowest BCUT2D eigenvalue weighted by Gasteiger charge is -2.12. The van der Waals surface area contributed by atoms with Gasteiger partial charge in [0.1, 0.15) is 5.82 Å². The number of aromatic nitrogens is 4. The Bertz CT molecular complexity index is 1240. The van der Waals surface area contributed by atoms with Crippen LogP contribution in [-0.2, 0) is 16.4 Å². The van der Waals surface area contributed by atoms with E-state index in [2.05, 4.69) is 20.4 Å². The van der Waals surface area contributed by atoms with Gasteiger partial charge >= 0.3 is 0 Å². The average molecular weight is 430 g/mol. The minimum atomic E-state index is -3.58. The zero-order valence-corrected chi connectivity index (χ0v) is 17.8. The lowest BCUT2D eigenvalue weighted by atomic mass is 10.2. The molecular weight excluding hydrogens is 408 g/mol. The van der Waals surface area contributed by atoms with Gasteiger partial charge in [-0.25, -0.2) is 17.7 Å². The number of sulfonamides is 1. The average Bonchev–Trinajstić information content (AvgIpc) is 3.07. The van der Waals surface area contributed by atoms with E-state index in [0.29, 0.717) is 23.6 Å². The number of hydrogen-bond donors (Lipinski definition) is 2. The number of aryl methyl sites for hydroxylation is 2. The highest BCUT2D eigenvalue weighted by Crippen LogP contribution is 2.17. The van der Waals surface area contributed by atoms with E-state index in [9.17, 15) is 18.0 Å². The van der Waals surface area contributed by atoms with Crippen LogP contribution in [0, 0.1) is 6.92 Å². The third kappa shape index (κ3) is 4.31.